The van der Waals surface area contributed by atoms with Crippen LogP contribution in [0.15, 0.2) is 55.1 Å². The molecule has 0 N–H and O–H groups in total. The van der Waals surface area contributed by atoms with Gasteiger partial charge in [-0.15, -0.1) is 0 Å². The summed E-state index contributed by atoms with van der Waals surface area (Å²) in [5, 5.41) is -0.311. The van der Waals surface area contributed by atoms with Crippen LogP contribution in [0.5, 0.6) is 0 Å². The highest BCUT2D eigenvalue weighted by Gasteiger charge is 2.59. The minimum absolute atomic E-state index is 0.0122. The van der Waals surface area contributed by atoms with Gasteiger partial charge in [0, 0.05) is 31.8 Å². The Labute approximate surface area is 197 Å². The van der Waals surface area contributed by atoms with Gasteiger partial charge in [0.1, 0.15) is 12.6 Å². The van der Waals surface area contributed by atoms with Crippen molar-refractivity contribution in [1.29, 1.82) is 0 Å². The Morgan fingerprint density at radius 3 is 2.44 bits per heavy atom. The lowest BCUT2D eigenvalue weighted by Crippen LogP contribution is -2.71. The van der Waals surface area contributed by atoms with Gasteiger partial charge < -0.3 is 4.57 Å². The zero-order chi connectivity index (χ0) is 24.3. The largest absolute Gasteiger partial charge is 0.416 e. The van der Waals surface area contributed by atoms with E-state index in [2.05, 4.69) is 4.98 Å². The third-order valence-electron chi connectivity index (χ3n) is 7.38. The Kier molecular flexibility index (Phi) is 5.40. The van der Waals surface area contributed by atoms with Crippen LogP contribution in [0.3, 0.4) is 0 Å². The molecule has 180 valence electrons. The maximum atomic E-state index is 13.6. The van der Waals surface area contributed by atoms with Crippen molar-refractivity contribution in [2.45, 2.75) is 50.2 Å². The molecule has 0 amide bonds. The standard InChI is InChI=1S/C25H27F3N3O2S/c1-17-15-31(2,34(17,32)33)24-12-21-4-3-18(9-22(21)13-24)7-19-8-20(14-30-6-5-29-16-30)11-23(10-19)25(26,27)28/h3-6,8-11,16-17,24H,7,12-15H2,1-2H3/q+1. The van der Waals surface area contributed by atoms with Crippen molar-refractivity contribution >= 4 is 10.0 Å². The Morgan fingerprint density at radius 1 is 1.06 bits per heavy atom. The number of aromatic nitrogens is 2. The van der Waals surface area contributed by atoms with E-state index in [-0.39, 0.29) is 15.2 Å². The van der Waals surface area contributed by atoms with Gasteiger partial charge in [0.15, 0.2) is 5.25 Å². The summed E-state index contributed by atoms with van der Waals surface area (Å²) in [5.74, 6) is 0. The van der Waals surface area contributed by atoms with Crippen molar-refractivity contribution in [2.75, 3.05) is 13.6 Å². The molecule has 1 aliphatic heterocycles. The fraction of sp³-hybridized carbons (Fsp3) is 0.400. The number of rotatable bonds is 5. The quantitative estimate of drug-likeness (QED) is 0.504. The Bertz CT molecular complexity index is 1340. The number of sulfonamides is 1. The number of hydrogen-bond donors (Lipinski definition) is 0. The van der Waals surface area contributed by atoms with Gasteiger partial charge in [-0.3, -0.25) is 0 Å². The molecule has 2 aromatic carbocycles. The second kappa shape index (κ2) is 7.95. The number of hydrogen-bond acceptors (Lipinski definition) is 3. The highest BCUT2D eigenvalue weighted by Crippen LogP contribution is 2.40. The summed E-state index contributed by atoms with van der Waals surface area (Å²) in [5.41, 5.74) is 3.66. The lowest BCUT2D eigenvalue weighted by molar-refractivity contribution is -0.830. The molecule has 3 unspecified atom stereocenters. The van der Waals surface area contributed by atoms with Crippen molar-refractivity contribution in [3.8, 4) is 0 Å². The van der Waals surface area contributed by atoms with Gasteiger partial charge in [0.2, 0.25) is 0 Å². The maximum Gasteiger partial charge on any atom is 0.416 e. The van der Waals surface area contributed by atoms with Crippen LogP contribution < -0.4 is 0 Å². The average Bonchev–Trinajstić information content (AvgIpc) is 3.42. The molecule has 34 heavy (non-hydrogen) atoms. The van der Waals surface area contributed by atoms with Crippen LogP contribution in [-0.2, 0) is 42.0 Å². The molecular weight excluding hydrogens is 463 g/mol. The fourth-order valence-electron chi connectivity index (χ4n) is 5.48. The van der Waals surface area contributed by atoms with Crippen molar-refractivity contribution in [1.82, 2.24) is 9.55 Å². The number of benzene rings is 2. The summed E-state index contributed by atoms with van der Waals surface area (Å²) in [6.07, 6.45) is 2.22. The summed E-state index contributed by atoms with van der Waals surface area (Å²) in [6, 6.07) is 10.2. The van der Waals surface area contributed by atoms with Gasteiger partial charge in [-0.2, -0.15) is 21.6 Å². The minimum Gasteiger partial charge on any atom is -0.333 e. The van der Waals surface area contributed by atoms with Crippen molar-refractivity contribution < 1.29 is 25.5 Å². The summed E-state index contributed by atoms with van der Waals surface area (Å²) < 4.78 is 67.8. The molecule has 1 saturated heterocycles. The molecule has 5 rings (SSSR count). The molecule has 0 bridgehead atoms. The third kappa shape index (κ3) is 3.94. The first-order valence-corrected chi connectivity index (χ1v) is 12.8. The molecule has 2 heterocycles. The lowest BCUT2D eigenvalue weighted by atomic mass is 9.97. The number of likely N-dealkylation sites (N-methyl/N-ethyl adjacent to an activating group) is 1. The molecule has 2 aliphatic rings. The molecule has 0 radical (unpaired) electrons. The summed E-state index contributed by atoms with van der Waals surface area (Å²) >= 11 is 0. The predicted molar refractivity (Wildman–Crippen MR) is 123 cm³/mol. The molecule has 3 atom stereocenters. The highest BCUT2D eigenvalue weighted by atomic mass is 32.2. The predicted octanol–water partition coefficient (Wildman–Crippen LogP) is 4.19. The molecule has 3 aromatic rings. The Hall–Kier alpha value is -2.65. The van der Waals surface area contributed by atoms with E-state index < -0.39 is 21.8 Å². The third-order valence-corrected chi connectivity index (χ3v) is 10.2. The number of halogens is 3. The summed E-state index contributed by atoms with van der Waals surface area (Å²) in [6.45, 7) is 2.69. The van der Waals surface area contributed by atoms with E-state index in [1.54, 1.807) is 37.3 Å². The molecule has 9 heteroatoms. The van der Waals surface area contributed by atoms with Crippen LogP contribution >= 0.6 is 0 Å². The van der Waals surface area contributed by atoms with E-state index in [0.29, 0.717) is 43.5 Å². The first-order valence-electron chi connectivity index (χ1n) is 11.3. The average molecular weight is 491 g/mol. The second-order valence-electron chi connectivity index (χ2n) is 9.80. The first-order chi connectivity index (χ1) is 16.0. The van der Waals surface area contributed by atoms with Crippen LogP contribution in [-0.4, -0.2) is 46.7 Å². The van der Waals surface area contributed by atoms with Gasteiger partial charge in [-0.25, -0.2) is 8.87 Å². The Balaban J connectivity index is 1.39. The monoisotopic (exact) mass is 490 g/mol. The molecule has 5 nitrogen and oxygen atoms in total. The van der Waals surface area contributed by atoms with E-state index in [9.17, 15) is 21.6 Å². The second-order valence-corrected chi connectivity index (χ2v) is 12.5. The van der Waals surface area contributed by atoms with Crippen molar-refractivity contribution in [3.05, 3.63) is 88.5 Å². The molecule has 0 spiro atoms. The van der Waals surface area contributed by atoms with E-state index in [1.807, 2.05) is 24.3 Å². The molecule has 1 fully saturated rings. The lowest BCUT2D eigenvalue weighted by Gasteiger charge is -2.48. The van der Waals surface area contributed by atoms with Crippen molar-refractivity contribution in [3.63, 3.8) is 0 Å². The van der Waals surface area contributed by atoms with Gasteiger partial charge >= 0.3 is 16.2 Å². The minimum atomic E-state index is -4.43. The molecular formula is C25H27F3N3O2S+. The molecule has 1 aliphatic carbocycles. The summed E-state index contributed by atoms with van der Waals surface area (Å²) in [4.78, 5) is 3.96. The zero-order valence-electron chi connectivity index (χ0n) is 19.1. The van der Waals surface area contributed by atoms with Crippen LogP contribution in [0.1, 0.15) is 40.3 Å². The zero-order valence-corrected chi connectivity index (χ0v) is 19.9. The number of nitrogens with zero attached hydrogens (tertiary/aromatic N) is 3. The number of alkyl halides is 3. The van der Waals surface area contributed by atoms with E-state index >= 15 is 0 Å². The number of quaternary nitrogens is 1. The SMILES string of the molecule is CC1C[N+](C)(C2Cc3ccc(Cc4cc(Cn5ccnc5)cc(C(F)(F)F)c4)cc3C2)S1(=O)=O. The van der Waals surface area contributed by atoms with Gasteiger partial charge in [0.05, 0.1) is 18.9 Å². The summed E-state index contributed by atoms with van der Waals surface area (Å²) in [7, 11) is -1.38. The van der Waals surface area contributed by atoms with E-state index in [4.69, 9.17) is 0 Å². The van der Waals surface area contributed by atoms with Gasteiger partial charge in [-0.05, 0) is 53.3 Å². The number of imidazole rings is 1. The van der Waals surface area contributed by atoms with E-state index in [1.165, 1.54) is 12.1 Å². The van der Waals surface area contributed by atoms with Crippen LogP contribution in [0.25, 0.3) is 0 Å². The topological polar surface area (TPSA) is 52.0 Å². The van der Waals surface area contributed by atoms with E-state index in [0.717, 1.165) is 16.7 Å². The Morgan fingerprint density at radius 2 is 1.79 bits per heavy atom. The van der Waals surface area contributed by atoms with Gasteiger partial charge in [0.25, 0.3) is 0 Å². The smallest absolute Gasteiger partial charge is 0.333 e. The van der Waals surface area contributed by atoms with Crippen LogP contribution in [0, 0.1) is 0 Å². The first kappa shape index (κ1) is 23.1. The number of fused-ring (bicyclic) bond motifs is 1. The normalized spacial score (nSPS) is 25.7. The van der Waals surface area contributed by atoms with Crippen LogP contribution in [0.2, 0.25) is 0 Å². The maximum absolute atomic E-state index is 13.6. The van der Waals surface area contributed by atoms with Gasteiger partial charge in [-0.1, -0.05) is 24.3 Å². The fourth-order valence-corrected chi connectivity index (χ4v) is 7.54. The molecule has 0 saturated carbocycles. The molecule has 1 aromatic heterocycles. The van der Waals surface area contributed by atoms with Crippen LogP contribution in [0.4, 0.5) is 13.2 Å². The van der Waals surface area contributed by atoms with Crippen molar-refractivity contribution in [2.24, 2.45) is 0 Å². The highest BCUT2D eigenvalue weighted by molar-refractivity contribution is 7.87.